The summed E-state index contributed by atoms with van der Waals surface area (Å²) in [7, 11) is 0. The number of nitrogens with zero attached hydrogens (tertiary/aromatic N) is 2. The van der Waals surface area contributed by atoms with E-state index in [0.717, 1.165) is 43.7 Å². The molecule has 0 unspecified atom stereocenters. The lowest BCUT2D eigenvalue weighted by Gasteiger charge is -2.30. The fourth-order valence-corrected chi connectivity index (χ4v) is 2.75. The van der Waals surface area contributed by atoms with E-state index in [9.17, 15) is 4.79 Å². The van der Waals surface area contributed by atoms with E-state index < -0.39 is 0 Å². The summed E-state index contributed by atoms with van der Waals surface area (Å²) >= 11 is 0. The molecule has 4 nitrogen and oxygen atoms in total. The molecule has 0 spiro atoms. The summed E-state index contributed by atoms with van der Waals surface area (Å²) in [6, 6.07) is 8.16. The molecule has 21 heavy (non-hydrogen) atoms. The zero-order chi connectivity index (χ0) is 15.2. The van der Waals surface area contributed by atoms with Crippen LogP contribution in [0.15, 0.2) is 18.2 Å². The number of benzene rings is 1. The molecule has 0 atom stereocenters. The molecule has 1 aromatic carbocycles. The first-order valence-corrected chi connectivity index (χ1v) is 7.58. The summed E-state index contributed by atoms with van der Waals surface area (Å²) in [5.41, 5.74) is 3.25. The van der Waals surface area contributed by atoms with Crippen LogP contribution in [0.3, 0.4) is 0 Å². The predicted molar refractivity (Wildman–Crippen MR) is 83.9 cm³/mol. The van der Waals surface area contributed by atoms with Crippen molar-refractivity contribution in [1.82, 2.24) is 4.90 Å². The highest BCUT2D eigenvalue weighted by Crippen LogP contribution is 2.22. The molecule has 1 aliphatic heterocycles. The molecular formula is C17H23N3O. The lowest BCUT2D eigenvalue weighted by Crippen LogP contribution is -2.38. The Kier molecular flexibility index (Phi) is 5.35. The van der Waals surface area contributed by atoms with Gasteiger partial charge in [-0.05, 0) is 57.0 Å². The average molecular weight is 285 g/mol. The fourth-order valence-electron chi connectivity index (χ4n) is 2.75. The van der Waals surface area contributed by atoms with Crippen molar-refractivity contribution in [2.75, 3.05) is 25.0 Å². The summed E-state index contributed by atoms with van der Waals surface area (Å²) in [6.45, 7) is 6.73. The van der Waals surface area contributed by atoms with Gasteiger partial charge in [-0.25, -0.2) is 0 Å². The van der Waals surface area contributed by atoms with Gasteiger partial charge in [-0.3, -0.25) is 4.79 Å². The Morgan fingerprint density at radius 3 is 2.76 bits per heavy atom. The zero-order valence-electron chi connectivity index (χ0n) is 12.9. The third-order valence-corrected chi connectivity index (χ3v) is 4.36. The van der Waals surface area contributed by atoms with Crippen LogP contribution < -0.4 is 5.32 Å². The number of nitriles is 1. The first kappa shape index (κ1) is 15.5. The topological polar surface area (TPSA) is 56.1 Å². The van der Waals surface area contributed by atoms with Crippen molar-refractivity contribution in [3.63, 3.8) is 0 Å². The third-order valence-electron chi connectivity index (χ3n) is 4.36. The molecule has 1 heterocycles. The zero-order valence-corrected chi connectivity index (χ0v) is 12.9. The van der Waals surface area contributed by atoms with Crippen molar-refractivity contribution in [3.8, 4) is 6.07 Å². The lowest BCUT2D eigenvalue weighted by atomic mass is 9.95. The molecule has 1 fully saturated rings. The molecule has 1 saturated heterocycles. The molecule has 1 N–H and O–H groups in total. The minimum Gasteiger partial charge on any atom is -0.326 e. The Balaban J connectivity index is 1.88. The number of hydrogen-bond acceptors (Lipinski definition) is 3. The monoisotopic (exact) mass is 285 g/mol. The summed E-state index contributed by atoms with van der Waals surface area (Å²) in [4.78, 5) is 14.6. The first-order chi connectivity index (χ1) is 10.1. The van der Waals surface area contributed by atoms with Crippen LogP contribution >= 0.6 is 0 Å². The number of amides is 1. The Hall–Kier alpha value is -1.86. The van der Waals surface area contributed by atoms with Gasteiger partial charge in [0.25, 0.3) is 0 Å². The quantitative estimate of drug-likeness (QED) is 0.925. The summed E-state index contributed by atoms with van der Waals surface area (Å²) in [5, 5.41) is 11.7. The predicted octanol–water partition coefficient (Wildman–Crippen LogP) is 2.87. The van der Waals surface area contributed by atoms with Crippen LogP contribution in [0.2, 0.25) is 0 Å². The maximum absolute atomic E-state index is 12.4. The van der Waals surface area contributed by atoms with Gasteiger partial charge in [-0.2, -0.15) is 5.26 Å². The second kappa shape index (κ2) is 7.24. The van der Waals surface area contributed by atoms with Gasteiger partial charge in [0.1, 0.15) is 0 Å². The smallest absolute Gasteiger partial charge is 0.227 e. The minimum atomic E-state index is 0.0863. The molecule has 0 radical (unpaired) electrons. The van der Waals surface area contributed by atoms with Gasteiger partial charge in [0.05, 0.1) is 6.07 Å². The van der Waals surface area contributed by atoms with Crippen LogP contribution in [0.4, 0.5) is 5.69 Å². The normalized spacial score (nSPS) is 16.4. The number of nitrogens with one attached hydrogen (secondary N) is 1. The van der Waals surface area contributed by atoms with Crippen LogP contribution in [-0.4, -0.2) is 30.4 Å². The number of carbonyl (C=O) groups excluding carboxylic acids is 1. The second-order valence-electron chi connectivity index (χ2n) is 5.76. The molecule has 0 aliphatic carbocycles. The van der Waals surface area contributed by atoms with E-state index in [4.69, 9.17) is 5.26 Å². The van der Waals surface area contributed by atoms with E-state index in [1.165, 1.54) is 5.56 Å². The Morgan fingerprint density at radius 2 is 2.10 bits per heavy atom. The second-order valence-corrected chi connectivity index (χ2v) is 5.76. The highest BCUT2D eigenvalue weighted by molar-refractivity contribution is 5.93. The van der Waals surface area contributed by atoms with E-state index in [0.29, 0.717) is 6.42 Å². The van der Waals surface area contributed by atoms with Crippen molar-refractivity contribution in [2.24, 2.45) is 5.92 Å². The van der Waals surface area contributed by atoms with Gasteiger partial charge in [0.2, 0.25) is 5.91 Å². The van der Waals surface area contributed by atoms with Gasteiger partial charge in [-0.15, -0.1) is 0 Å². The van der Waals surface area contributed by atoms with Crippen molar-refractivity contribution < 1.29 is 4.79 Å². The van der Waals surface area contributed by atoms with Crippen molar-refractivity contribution >= 4 is 11.6 Å². The molecule has 4 heteroatoms. The van der Waals surface area contributed by atoms with Gasteiger partial charge in [0.15, 0.2) is 0 Å². The lowest BCUT2D eigenvalue weighted by molar-refractivity contribution is -0.121. The molecule has 0 aromatic heterocycles. The Labute approximate surface area is 126 Å². The number of likely N-dealkylation sites (tertiary alicyclic amines) is 1. The van der Waals surface area contributed by atoms with Crippen molar-refractivity contribution in [2.45, 2.75) is 33.1 Å². The van der Waals surface area contributed by atoms with E-state index in [-0.39, 0.29) is 11.8 Å². The van der Waals surface area contributed by atoms with Gasteiger partial charge in [-0.1, -0.05) is 12.1 Å². The number of hydrogen-bond donors (Lipinski definition) is 1. The third kappa shape index (κ3) is 4.05. The van der Waals surface area contributed by atoms with Crippen LogP contribution in [0.25, 0.3) is 0 Å². The first-order valence-electron chi connectivity index (χ1n) is 7.58. The van der Waals surface area contributed by atoms with Gasteiger partial charge >= 0.3 is 0 Å². The number of carbonyl (C=O) groups is 1. The van der Waals surface area contributed by atoms with E-state index in [1.807, 2.05) is 19.1 Å². The Morgan fingerprint density at radius 1 is 1.38 bits per heavy atom. The molecule has 112 valence electrons. The van der Waals surface area contributed by atoms with E-state index >= 15 is 0 Å². The maximum Gasteiger partial charge on any atom is 0.227 e. The molecule has 2 rings (SSSR count). The van der Waals surface area contributed by atoms with Gasteiger partial charge in [0, 0.05) is 24.6 Å². The number of anilines is 1. The molecule has 1 amide bonds. The molecule has 0 saturated carbocycles. The number of rotatable bonds is 4. The van der Waals surface area contributed by atoms with Crippen molar-refractivity contribution in [3.05, 3.63) is 29.3 Å². The summed E-state index contributed by atoms with van der Waals surface area (Å²) < 4.78 is 0. The van der Waals surface area contributed by atoms with E-state index in [2.05, 4.69) is 29.3 Å². The fraction of sp³-hybridized carbons (Fsp3) is 0.529. The Bertz CT molecular complexity index is 539. The molecule has 0 bridgehead atoms. The number of aryl methyl sites for hydroxylation is 1. The van der Waals surface area contributed by atoms with Crippen LogP contribution in [0, 0.1) is 31.1 Å². The van der Waals surface area contributed by atoms with E-state index in [1.54, 1.807) is 0 Å². The van der Waals surface area contributed by atoms with Crippen LogP contribution in [0.1, 0.15) is 30.4 Å². The molecule has 1 aromatic rings. The highest BCUT2D eigenvalue weighted by Gasteiger charge is 2.25. The van der Waals surface area contributed by atoms with Gasteiger partial charge < -0.3 is 10.2 Å². The molecule has 1 aliphatic rings. The largest absolute Gasteiger partial charge is 0.326 e. The van der Waals surface area contributed by atoms with Crippen molar-refractivity contribution in [1.29, 1.82) is 5.26 Å². The standard InChI is InChI=1S/C17H23N3O/c1-13-5-3-6-16(14(13)2)19-17(21)15-7-11-20(12-8-15)10-4-9-18/h3,5-6,15H,4,7-8,10-12H2,1-2H3,(H,19,21). The minimum absolute atomic E-state index is 0.0863. The number of piperidine rings is 1. The van der Waals surface area contributed by atoms with Crippen LogP contribution in [-0.2, 0) is 4.79 Å². The highest BCUT2D eigenvalue weighted by atomic mass is 16.1. The average Bonchev–Trinajstić information content (AvgIpc) is 2.50. The maximum atomic E-state index is 12.4. The molecular weight excluding hydrogens is 262 g/mol. The summed E-state index contributed by atoms with van der Waals surface area (Å²) in [6.07, 6.45) is 2.32. The SMILES string of the molecule is Cc1cccc(NC(=O)C2CCN(CCC#N)CC2)c1C. The van der Waals surface area contributed by atoms with Crippen LogP contribution in [0.5, 0.6) is 0 Å². The summed E-state index contributed by atoms with van der Waals surface area (Å²) in [5.74, 6) is 0.215.